The normalized spacial score (nSPS) is 24.4. The lowest BCUT2D eigenvalue weighted by atomic mass is 10.0. The van der Waals surface area contributed by atoms with Crippen LogP contribution in [-0.2, 0) is 0 Å². The second-order valence-electron chi connectivity index (χ2n) is 5.31. The summed E-state index contributed by atoms with van der Waals surface area (Å²) in [6.45, 7) is 1.18. The predicted molar refractivity (Wildman–Crippen MR) is 73.1 cm³/mol. The molecule has 20 heavy (non-hydrogen) atoms. The Labute approximate surface area is 117 Å². The van der Waals surface area contributed by atoms with Crippen LogP contribution in [0.15, 0.2) is 18.2 Å². The molecule has 0 radical (unpaired) electrons. The van der Waals surface area contributed by atoms with Crippen molar-refractivity contribution in [3.63, 3.8) is 0 Å². The van der Waals surface area contributed by atoms with Crippen LogP contribution in [0.5, 0.6) is 11.5 Å². The molecule has 108 valence electrons. The molecule has 1 fully saturated rings. The van der Waals surface area contributed by atoms with E-state index >= 15 is 0 Å². The predicted octanol–water partition coefficient (Wildman–Crippen LogP) is 1.35. The number of nitrogens with one attached hydrogen (secondary N) is 1. The van der Waals surface area contributed by atoms with Crippen LogP contribution in [0.4, 0.5) is 0 Å². The van der Waals surface area contributed by atoms with Crippen molar-refractivity contribution in [1.29, 1.82) is 0 Å². The summed E-state index contributed by atoms with van der Waals surface area (Å²) in [7, 11) is 0. The van der Waals surface area contributed by atoms with E-state index in [-0.39, 0.29) is 24.5 Å². The van der Waals surface area contributed by atoms with Crippen LogP contribution in [0, 0.1) is 5.92 Å². The van der Waals surface area contributed by atoms with Gasteiger partial charge >= 0.3 is 0 Å². The van der Waals surface area contributed by atoms with Crippen molar-refractivity contribution in [2.45, 2.75) is 25.3 Å². The Morgan fingerprint density at radius 2 is 2.05 bits per heavy atom. The molecular formula is C15H19NO4. The number of amides is 1. The molecule has 0 bridgehead atoms. The summed E-state index contributed by atoms with van der Waals surface area (Å²) in [5.41, 5.74) is 0.567. The van der Waals surface area contributed by atoms with Crippen LogP contribution in [0.25, 0.3) is 0 Å². The molecule has 2 atom stereocenters. The summed E-state index contributed by atoms with van der Waals surface area (Å²) < 4.78 is 10.9. The third kappa shape index (κ3) is 2.58. The van der Waals surface area contributed by atoms with Gasteiger partial charge in [-0.15, -0.1) is 0 Å². The fourth-order valence-electron chi connectivity index (χ4n) is 2.88. The fraction of sp³-hybridized carbons (Fsp3) is 0.533. The first-order valence-corrected chi connectivity index (χ1v) is 7.09. The lowest BCUT2D eigenvalue weighted by molar-refractivity contribution is 0.0915. The van der Waals surface area contributed by atoms with Gasteiger partial charge in [-0.25, -0.2) is 0 Å². The summed E-state index contributed by atoms with van der Waals surface area (Å²) >= 11 is 0. The van der Waals surface area contributed by atoms with Gasteiger partial charge in [-0.3, -0.25) is 4.79 Å². The molecule has 1 heterocycles. The van der Waals surface area contributed by atoms with Gasteiger partial charge in [0.05, 0.1) is 0 Å². The van der Waals surface area contributed by atoms with Gasteiger partial charge in [-0.2, -0.15) is 0 Å². The number of fused-ring (bicyclic) bond motifs is 1. The molecule has 1 saturated carbocycles. The lowest BCUT2D eigenvalue weighted by Gasteiger charge is -2.21. The van der Waals surface area contributed by atoms with E-state index in [1.54, 1.807) is 18.2 Å². The first-order chi connectivity index (χ1) is 9.78. The topological polar surface area (TPSA) is 67.8 Å². The number of hydrogen-bond donors (Lipinski definition) is 2. The van der Waals surface area contributed by atoms with E-state index < -0.39 is 0 Å². The molecule has 0 aromatic heterocycles. The first kappa shape index (κ1) is 13.2. The Bertz CT molecular complexity index is 503. The highest BCUT2D eigenvalue weighted by molar-refractivity contribution is 5.95. The third-order valence-electron chi connectivity index (χ3n) is 4.01. The second kappa shape index (κ2) is 5.71. The van der Waals surface area contributed by atoms with Gasteiger partial charge in [-0.1, -0.05) is 6.42 Å². The number of carbonyl (C=O) groups is 1. The van der Waals surface area contributed by atoms with Gasteiger partial charge in [0.15, 0.2) is 11.5 Å². The fourth-order valence-corrected chi connectivity index (χ4v) is 2.88. The van der Waals surface area contributed by atoms with Crippen LogP contribution in [-0.4, -0.2) is 36.9 Å². The highest BCUT2D eigenvalue weighted by Gasteiger charge is 2.28. The minimum atomic E-state index is -0.118. The molecule has 1 amide bonds. The zero-order valence-electron chi connectivity index (χ0n) is 11.3. The molecule has 1 aliphatic heterocycles. The molecule has 1 aromatic carbocycles. The number of ether oxygens (including phenoxy) is 2. The molecule has 2 unspecified atom stereocenters. The highest BCUT2D eigenvalue weighted by Crippen LogP contribution is 2.31. The van der Waals surface area contributed by atoms with E-state index in [2.05, 4.69) is 5.32 Å². The Hall–Kier alpha value is -1.75. The van der Waals surface area contributed by atoms with Crippen molar-refractivity contribution in [3.05, 3.63) is 23.8 Å². The molecule has 1 aromatic rings. The zero-order chi connectivity index (χ0) is 13.9. The van der Waals surface area contributed by atoms with E-state index in [0.29, 0.717) is 30.3 Å². The molecule has 0 spiro atoms. The highest BCUT2D eigenvalue weighted by atomic mass is 16.6. The van der Waals surface area contributed by atoms with Gasteiger partial charge in [-0.05, 0) is 31.0 Å². The standard InChI is InChI=1S/C15H19NO4/c17-9-11-2-1-3-12(11)16-15(18)10-4-5-13-14(8-10)20-7-6-19-13/h4-5,8,11-12,17H,1-3,6-7,9H2,(H,16,18). The van der Waals surface area contributed by atoms with E-state index in [1.807, 2.05) is 0 Å². The number of carbonyl (C=O) groups excluding carboxylic acids is 1. The van der Waals surface area contributed by atoms with Crippen LogP contribution in [0.1, 0.15) is 29.6 Å². The summed E-state index contributed by atoms with van der Waals surface area (Å²) in [5, 5.41) is 12.3. The molecule has 2 aliphatic rings. The number of aliphatic hydroxyl groups excluding tert-OH is 1. The molecule has 1 aliphatic carbocycles. The van der Waals surface area contributed by atoms with Crippen molar-refractivity contribution in [2.24, 2.45) is 5.92 Å². The molecule has 2 N–H and O–H groups in total. The lowest BCUT2D eigenvalue weighted by Crippen LogP contribution is -2.38. The Kier molecular flexibility index (Phi) is 3.78. The largest absolute Gasteiger partial charge is 0.486 e. The number of hydrogen-bond acceptors (Lipinski definition) is 4. The monoisotopic (exact) mass is 277 g/mol. The maximum atomic E-state index is 12.3. The van der Waals surface area contributed by atoms with Crippen molar-refractivity contribution >= 4 is 5.91 Å². The Morgan fingerprint density at radius 3 is 2.85 bits per heavy atom. The quantitative estimate of drug-likeness (QED) is 0.875. The van der Waals surface area contributed by atoms with E-state index in [4.69, 9.17) is 9.47 Å². The van der Waals surface area contributed by atoms with Crippen LogP contribution in [0.3, 0.4) is 0 Å². The minimum absolute atomic E-state index is 0.0701. The van der Waals surface area contributed by atoms with E-state index in [0.717, 1.165) is 19.3 Å². The smallest absolute Gasteiger partial charge is 0.251 e. The zero-order valence-corrected chi connectivity index (χ0v) is 11.3. The third-order valence-corrected chi connectivity index (χ3v) is 4.01. The van der Waals surface area contributed by atoms with Gasteiger partial charge in [0, 0.05) is 24.1 Å². The maximum Gasteiger partial charge on any atom is 0.251 e. The number of rotatable bonds is 3. The molecule has 5 heteroatoms. The van der Waals surface area contributed by atoms with Crippen LogP contribution in [0.2, 0.25) is 0 Å². The average molecular weight is 277 g/mol. The van der Waals surface area contributed by atoms with Gasteiger partial charge in [0.2, 0.25) is 0 Å². The molecular weight excluding hydrogens is 258 g/mol. The molecule has 3 rings (SSSR count). The van der Waals surface area contributed by atoms with E-state index in [1.165, 1.54) is 0 Å². The molecule has 5 nitrogen and oxygen atoms in total. The van der Waals surface area contributed by atoms with E-state index in [9.17, 15) is 9.90 Å². The van der Waals surface area contributed by atoms with Crippen molar-refractivity contribution in [2.75, 3.05) is 19.8 Å². The van der Waals surface area contributed by atoms with Crippen molar-refractivity contribution in [1.82, 2.24) is 5.32 Å². The van der Waals surface area contributed by atoms with Gasteiger partial charge < -0.3 is 19.9 Å². The number of aliphatic hydroxyl groups is 1. The molecule has 0 saturated heterocycles. The number of benzene rings is 1. The van der Waals surface area contributed by atoms with Gasteiger partial charge in [0.1, 0.15) is 13.2 Å². The Balaban J connectivity index is 1.71. The second-order valence-corrected chi connectivity index (χ2v) is 5.31. The summed E-state index contributed by atoms with van der Waals surface area (Å²) in [6, 6.07) is 5.29. The Morgan fingerprint density at radius 1 is 1.25 bits per heavy atom. The summed E-state index contributed by atoms with van der Waals surface area (Å²) in [4.78, 5) is 12.3. The minimum Gasteiger partial charge on any atom is -0.486 e. The maximum absolute atomic E-state index is 12.3. The average Bonchev–Trinajstić information content (AvgIpc) is 2.94. The van der Waals surface area contributed by atoms with Gasteiger partial charge in [0.25, 0.3) is 5.91 Å². The SMILES string of the molecule is O=C(NC1CCCC1CO)c1ccc2c(c1)OCCO2. The van der Waals surface area contributed by atoms with Crippen LogP contribution >= 0.6 is 0 Å². The van der Waals surface area contributed by atoms with Crippen molar-refractivity contribution in [3.8, 4) is 11.5 Å². The first-order valence-electron chi connectivity index (χ1n) is 7.09. The van der Waals surface area contributed by atoms with Crippen LogP contribution < -0.4 is 14.8 Å². The summed E-state index contributed by atoms with van der Waals surface area (Å²) in [6.07, 6.45) is 2.96. The van der Waals surface area contributed by atoms with Crippen molar-refractivity contribution < 1.29 is 19.4 Å². The summed E-state index contributed by atoms with van der Waals surface area (Å²) in [5.74, 6) is 1.36.